The molecule has 1 atom stereocenters. The van der Waals surface area contributed by atoms with Crippen LogP contribution in [0.2, 0.25) is 5.02 Å². The highest BCUT2D eigenvalue weighted by Gasteiger charge is 2.19. The molecule has 0 fully saturated rings. The SMILES string of the molecule is CNC(CSc1cccc(Cl)c1)c1ccc(F)c(F)c1F. The number of halogens is 4. The van der Waals surface area contributed by atoms with Crippen molar-refractivity contribution in [2.24, 2.45) is 0 Å². The summed E-state index contributed by atoms with van der Waals surface area (Å²) in [5.74, 6) is -3.33. The van der Waals surface area contributed by atoms with Crippen molar-refractivity contribution in [3.8, 4) is 0 Å². The maximum atomic E-state index is 13.8. The third kappa shape index (κ3) is 3.93. The first-order chi connectivity index (χ1) is 10.0. The third-order valence-electron chi connectivity index (χ3n) is 3.00. The van der Waals surface area contributed by atoms with Crippen molar-refractivity contribution in [1.29, 1.82) is 0 Å². The van der Waals surface area contributed by atoms with Crippen LogP contribution in [0.3, 0.4) is 0 Å². The summed E-state index contributed by atoms with van der Waals surface area (Å²) in [6.07, 6.45) is 0. The zero-order valence-electron chi connectivity index (χ0n) is 11.2. The number of hydrogen-bond acceptors (Lipinski definition) is 2. The lowest BCUT2D eigenvalue weighted by molar-refractivity contribution is 0.433. The van der Waals surface area contributed by atoms with Crippen molar-refractivity contribution >= 4 is 23.4 Å². The Morgan fingerprint density at radius 2 is 1.90 bits per heavy atom. The lowest BCUT2D eigenvalue weighted by Gasteiger charge is -2.17. The Labute approximate surface area is 130 Å². The maximum Gasteiger partial charge on any atom is 0.194 e. The summed E-state index contributed by atoms with van der Waals surface area (Å²) >= 11 is 7.35. The molecular weight excluding hydrogens is 319 g/mol. The van der Waals surface area contributed by atoms with Gasteiger partial charge in [-0.05, 0) is 31.3 Å². The average molecular weight is 332 g/mol. The van der Waals surface area contributed by atoms with Gasteiger partial charge in [0, 0.05) is 27.3 Å². The normalized spacial score (nSPS) is 12.4. The molecule has 1 unspecified atom stereocenters. The van der Waals surface area contributed by atoms with Gasteiger partial charge in [-0.1, -0.05) is 23.7 Å². The van der Waals surface area contributed by atoms with Gasteiger partial charge in [-0.3, -0.25) is 0 Å². The highest BCUT2D eigenvalue weighted by molar-refractivity contribution is 7.99. The monoisotopic (exact) mass is 331 g/mol. The van der Waals surface area contributed by atoms with Gasteiger partial charge in [0.25, 0.3) is 0 Å². The Hall–Kier alpha value is -1.17. The van der Waals surface area contributed by atoms with Crippen LogP contribution in [0.25, 0.3) is 0 Å². The molecule has 21 heavy (non-hydrogen) atoms. The quantitative estimate of drug-likeness (QED) is 0.623. The molecule has 0 aromatic heterocycles. The van der Waals surface area contributed by atoms with E-state index in [0.29, 0.717) is 10.8 Å². The van der Waals surface area contributed by atoms with Crippen LogP contribution >= 0.6 is 23.4 Å². The minimum absolute atomic E-state index is 0.103. The highest BCUT2D eigenvalue weighted by Crippen LogP contribution is 2.28. The Balaban J connectivity index is 2.15. The molecule has 2 rings (SSSR count). The van der Waals surface area contributed by atoms with Crippen LogP contribution in [0.1, 0.15) is 11.6 Å². The molecule has 0 saturated heterocycles. The van der Waals surface area contributed by atoms with Crippen molar-refractivity contribution in [2.75, 3.05) is 12.8 Å². The molecule has 1 nitrogen and oxygen atoms in total. The first kappa shape index (κ1) is 16.2. The van der Waals surface area contributed by atoms with Gasteiger partial charge >= 0.3 is 0 Å². The minimum atomic E-state index is -1.44. The summed E-state index contributed by atoms with van der Waals surface area (Å²) in [6.45, 7) is 0. The van der Waals surface area contributed by atoms with E-state index in [4.69, 9.17) is 11.6 Å². The van der Waals surface area contributed by atoms with Gasteiger partial charge < -0.3 is 5.32 Å². The number of nitrogens with one attached hydrogen (secondary N) is 1. The summed E-state index contributed by atoms with van der Waals surface area (Å²) in [5.41, 5.74) is 0.103. The zero-order valence-corrected chi connectivity index (χ0v) is 12.7. The lowest BCUT2D eigenvalue weighted by atomic mass is 10.1. The van der Waals surface area contributed by atoms with E-state index in [1.165, 1.54) is 17.8 Å². The van der Waals surface area contributed by atoms with Crippen molar-refractivity contribution in [1.82, 2.24) is 5.32 Å². The van der Waals surface area contributed by atoms with E-state index in [1.54, 1.807) is 19.2 Å². The van der Waals surface area contributed by atoms with Gasteiger partial charge in [-0.25, -0.2) is 13.2 Å². The maximum absolute atomic E-state index is 13.8. The summed E-state index contributed by atoms with van der Waals surface area (Å²) in [6, 6.07) is 9.00. The van der Waals surface area contributed by atoms with Crippen molar-refractivity contribution in [3.05, 3.63) is 64.4 Å². The first-order valence-corrected chi connectivity index (χ1v) is 7.58. The Bertz CT molecular complexity index is 636. The smallest absolute Gasteiger partial charge is 0.194 e. The summed E-state index contributed by atoms with van der Waals surface area (Å²) in [7, 11) is 1.64. The molecule has 0 saturated carbocycles. The average Bonchev–Trinajstić information content (AvgIpc) is 2.47. The topological polar surface area (TPSA) is 12.0 Å². The van der Waals surface area contributed by atoms with Gasteiger partial charge in [0.15, 0.2) is 17.5 Å². The van der Waals surface area contributed by atoms with Crippen LogP contribution in [0.4, 0.5) is 13.2 Å². The second-order valence-corrected chi connectivity index (χ2v) is 5.90. The number of hydrogen-bond donors (Lipinski definition) is 1. The predicted octanol–water partition coefficient (Wildman–Crippen LogP) is 4.81. The molecule has 0 bridgehead atoms. The van der Waals surface area contributed by atoms with E-state index >= 15 is 0 Å². The Kier molecular flexibility index (Phi) is 5.56. The van der Waals surface area contributed by atoms with Crippen LogP contribution in [-0.4, -0.2) is 12.8 Å². The molecule has 0 heterocycles. The van der Waals surface area contributed by atoms with E-state index in [2.05, 4.69) is 5.32 Å². The van der Waals surface area contributed by atoms with Gasteiger partial charge in [0.2, 0.25) is 0 Å². The predicted molar refractivity (Wildman–Crippen MR) is 80.3 cm³/mol. The molecule has 0 amide bonds. The van der Waals surface area contributed by atoms with Crippen molar-refractivity contribution in [3.63, 3.8) is 0 Å². The van der Waals surface area contributed by atoms with E-state index in [0.717, 1.165) is 11.0 Å². The van der Waals surface area contributed by atoms with Crippen LogP contribution in [0.5, 0.6) is 0 Å². The zero-order chi connectivity index (χ0) is 15.4. The van der Waals surface area contributed by atoms with E-state index in [-0.39, 0.29) is 5.56 Å². The standard InChI is InChI=1S/C15H13ClF3NS/c1-20-13(8-21-10-4-2-3-9(16)7-10)11-5-6-12(17)15(19)14(11)18/h2-7,13,20H,8H2,1H3. The van der Waals surface area contributed by atoms with Gasteiger partial charge in [0.05, 0.1) is 0 Å². The molecule has 112 valence electrons. The van der Waals surface area contributed by atoms with Crippen LogP contribution < -0.4 is 5.32 Å². The number of benzene rings is 2. The van der Waals surface area contributed by atoms with Gasteiger partial charge in [-0.2, -0.15) is 0 Å². The third-order valence-corrected chi connectivity index (χ3v) is 4.32. The molecule has 6 heteroatoms. The van der Waals surface area contributed by atoms with Crippen LogP contribution in [0, 0.1) is 17.5 Å². The first-order valence-electron chi connectivity index (χ1n) is 6.22. The molecule has 0 spiro atoms. The molecule has 0 aliphatic heterocycles. The Morgan fingerprint density at radius 3 is 2.57 bits per heavy atom. The van der Waals surface area contributed by atoms with Crippen LogP contribution in [-0.2, 0) is 0 Å². The van der Waals surface area contributed by atoms with Crippen molar-refractivity contribution in [2.45, 2.75) is 10.9 Å². The van der Waals surface area contributed by atoms with E-state index < -0.39 is 23.5 Å². The Morgan fingerprint density at radius 1 is 1.14 bits per heavy atom. The number of thioether (sulfide) groups is 1. The fourth-order valence-electron chi connectivity index (χ4n) is 1.87. The highest BCUT2D eigenvalue weighted by atomic mass is 35.5. The molecule has 0 aliphatic carbocycles. The summed E-state index contributed by atoms with van der Waals surface area (Å²) in [4.78, 5) is 0.922. The fourth-order valence-corrected chi connectivity index (χ4v) is 3.22. The summed E-state index contributed by atoms with van der Waals surface area (Å²) in [5, 5.41) is 3.52. The molecule has 0 radical (unpaired) electrons. The second-order valence-electron chi connectivity index (χ2n) is 4.37. The second kappa shape index (κ2) is 7.20. The molecule has 2 aromatic rings. The fraction of sp³-hybridized carbons (Fsp3) is 0.200. The molecule has 1 N–H and O–H groups in total. The molecule has 2 aromatic carbocycles. The van der Waals surface area contributed by atoms with Gasteiger partial charge in [0.1, 0.15) is 0 Å². The minimum Gasteiger partial charge on any atom is -0.312 e. The van der Waals surface area contributed by atoms with E-state index in [9.17, 15) is 13.2 Å². The van der Waals surface area contributed by atoms with E-state index in [1.807, 2.05) is 12.1 Å². The van der Waals surface area contributed by atoms with Crippen molar-refractivity contribution < 1.29 is 13.2 Å². The number of rotatable bonds is 5. The molecule has 0 aliphatic rings. The lowest BCUT2D eigenvalue weighted by Crippen LogP contribution is -2.20. The van der Waals surface area contributed by atoms with Gasteiger partial charge in [-0.15, -0.1) is 11.8 Å². The molecular formula is C15H13ClF3NS. The van der Waals surface area contributed by atoms with Crippen LogP contribution in [0.15, 0.2) is 41.3 Å². The largest absolute Gasteiger partial charge is 0.312 e. The summed E-state index contributed by atoms with van der Waals surface area (Å²) < 4.78 is 40.1.